The second-order valence-corrected chi connectivity index (χ2v) is 4.62. The predicted molar refractivity (Wildman–Crippen MR) is 66.8 cm³/mol. The molecule has 7 heteroatoms. The van der Waals surface area contributed by atoms with Gasteiger partial charge in [-0.3, -0.25) is 0 Å². The third-order valence-corrected chi connectivity index (χ3v) is 3.18. The smallest absolute Gasteiger partial charge is 0.229 e. The maximum Gasteiger partial charge on any atom is 0.229 e. The van der Waals surface area contributed by atoms with Crippen molar-refractivity contribution < 1.29 is 35.0 Å². The van der Waals surface area contributed by atoms with E-state index in [4.69, 9.17) is 19.7 Å². The second kappa shape index (κ2) is 6.49. The first-order chi connectivity index (χ1) is 9.56. The zero-order valence-electron chi connectivity index (χ0n) is 10.7. The fraction of sp³-hybridized carbons (Fsp3) is 0.538. The van der Waals surface area contributed by atoms with E-state index in [1.165, 1.54) is 0 Å². The highest BCUT2D eigenvalue weighted by Gasteiger charge is 2.44. The fourth-order valence-electron chi connectivity index (χ4n) is 2.02. The molecule has 1 aliphatic rings. The van der Waals surface area contributed by atoms with Crippen LogP contribution in [0.2, 0.25) is 0 Å². The van der Waals surface area contributed by atoms with Crippen molar-refractivity contribution in [3.05, 3.63) is 29.8 Å². The first-order valence-electron chi connectivity index (χ1n) is 6.23. The predicted octanol–water partition coefficient (Wildman–Crippen LogP) is -1.64. The monoisotopic (exact) mass is 286 g/mol. The minimum Gasteiger partial charge on any atom is -0.462 e. The summed E-state index contributed by atoms with van der Waals surface area (Å²) in [6, 6.07) is 6.51. The van der Waals surface area contributed by atoms with E-state index in [2.05, 4.69) is 0 Å². The normalized spacial score (nSPS) is 34.0. The summed E-state index contributed by atoms with van der Waals surface area (Å²) in [6.45, 7) is -0.673. The van der Waals surface area contributed by atoms with Gasteiger partial charge in [-0.05, 0) is 17.7 Å². The molecule has 0 aromatic heterocycles. The average Bonchev–Trinajstić information content (AvgIpc) is 2.48. The molecule has 112 valence electrons. The summed E-state index contributed by atoms with van der Waals surface area (Å²) in [6.07, 6.45) is -6.59. The molecule has 0 bridgehead atoms. The van der Waals surface area contributed by atoms with Crippen LogP contribution in [0.25, 0.3) is 0 Å². The van der Waals surface area contributed by atoms with Crippen LogP contribution in [0.1, 0.15) is 5.56 Å². The van der Waals surface area contributed by atoms with Gasteiger partial charge in [0.2, 0.25) is 6.29 Å². The van der Waals surface area contributed by atoms with Gasteiger partial charge < -0.3 is 35.0 Å². The van der Waals surface area contributed by atoms with Gasteiger partial charge in [0.05, 0.1) is 13.2 Å². The Morgan fingerprint density at radius 3 is 2.45 bits per heavy atom. The number of benzene rings is 1. The topological polar surface area (TPSA) is 120 Å². The van der Waals surface area contributed by atoms with Gasteiger partial charge in [-0.1, -0.05) is 12.1 Å². The van der Waals surface area contributed by atoms with Gasteiger partial charge in [-0.25, -0.2) is 0 Å². The number of hydrogen-bond donors (Lipinski definition) is 5. The third kappa shape index (κ3) is 3.09. The second-order valence-electron chi connectivity index (χ2n) is 4.62. The van der Waals surface area contributed by atoms with Crippen molar-refractivity contribution in [3.63, 3.8) is 0 Å². The minimum atomic E-state index is -1.48. The van der Waals surface area contributed by atoms with E-state index in [-0.39, 0.29) is 6.61 Å². The zero-order valence-corrected chi connectivity index (χ0v) is 10.7. The van der Waals surface area contributed by atoms with Crippen LogP contribution < -0.4 is 4.74 Å². The number of hydrogen-bond acceptors (Lipinski definition) is 7. The highest BCUT2D eigenvalue weighted by atomic mass is 16.7. The molecule has 1 aromatic carbocycles. The number of aliphatic hydroxyl groups excluding tert-OH is 5. The SMILES string of the molecule is OCc1cccc(OC2OC(CO)C(O)C(O)C2O)c1. The van der Waals surface area contributed by atoms with Crippen molar-refractivity contribution in [2.75, 3.05) is 6.61 Å². The Balaban J connectivity index is 2.10. The van der Waals surface area contributed by atoms with Crippen LogP contribution in [-0.2, 0) is 11.3 Å². The standard InChI is InChI=1S/C13H18O7/c14-5-7-2-1-3-8(4-7)19-13-12(18)11(17)10(16)9(6-15)20-13/h1-4,9-18H,5-6H2. The van der Waals surface area contributed by atoms with Crippen LogP contribution in [0.15, 0.2) is 24.3 Å². The first-order valence-corrected chi connectivity index (χ1v) is 6.23. The van der Waals surface area contributed by atoms with Crippen molar-refractivity contribution in [2.24, 2.45) is 0 Å². The Kier molecular flexibility index (Phi) is 4.92. The molecule has 1 aliphatic heterocycles. The summed E-state index contributed by atoms with van der Waals surface area (Å²) in [5.41, 5.74) is 0.618. The lowest BCUT2D eigenvalue weighted by molar-refractivity contribution is -0.277. The lowest BCUT2D eigenvalue weighted by Gasteiger charge is -2.39. The molecule has 7 nitrogen and oxygen atoms in total. The molecule has 1 saturated heterocycles. The van der Waals surface area contributed by atoms with Gasteiger partial charge in [0.15, 0.2) is 0 Å². The van der Waals surface area contributed by atoms with Crippen molar-refractivity contribution in [3.8, 4) is 5.75 Å². The van der Waals surface area contributed by atoms with E-state index in [9.17, 15) is 15.3 Å². The molecule has 1 heterocycles. The Hall–Kier alpha value is -1.22. The zero-order chi connectivity index (χ0) is 14.7. The van der Waals surface area contributed by atoms with Crippen LogP contribution >= 0.6 is 0 Å². The molecule has 5 N–H and O–H groups in total. The van der Waals surface area contributed by atoms with E-state index in [1.54, 1.807) is 24.3 Å². The number of ether oxygens (including phenoxy) is 2. The Labute approximate surface area is 115 Å². The molecule has 0 radical (unpaired) electrons. The molecule has 1 aromatic rings. The Bertz CT molecular complexity index is 436. The summed E-state index contributed by atoms with van der Waals surface area (Å²) in [5, 5.41) is 47.2. The summed E-state index contributed by atoms with van der Waals surface area (Å²) in [5.74, 6) is 0.334. The molecule has 2 rings (SSSR count). The molecule has 0 aliphatic carbocycles. The first kappa shape index (κ1) is 15.2. The molecular weight excluding hydrogens is 268 g/mol. The fourth-order valence-corrected chi connectivity index (χ4v) is 2.02. The van der Waals surface area contributed by atoms with Crippen LogP contribution in [0, 0.1) is 0 Å². The van der Waals surface area contributed by atoms with Gasteiger partial charge in [0.1, 0.15) is 30.2 Å². The van der Waals surface area contributed by atoms with Crippen molar-refractivity contribution >= 4 is 0 Å². The van der Waals surface area contributed by atoms with Crippen LogP contribution in [0.4, 0.5) is 0 Å². The quantitative estimate of drug-likeness (QED) is 0.450. The summed E-state index contributed by atoms with van der Waals surface area (Å²) in [4.78, 5) is 0. The van der Waals surface area contributed by atoms with Gasteiger partial charge >= 0.3 is 0 Å². The minimum absolute atomic E-state index is 0.161. The molecule has 5 atom stereocenters. The van der Waals surface area contributed by atoms with Crippen LogP contribution in [0.3, 0.4) is 0 Å². The third-order valence-electron chi connectivity index (χ3n) is 3.18. The van der Waals surface area contributed by atoms with E-state index < -0.39 is 37.3 Å². The molecule has 1 fully saturated rings. The van der Waals surface area contributed by atoms with Gasteiger partial charge in [-0.15, -0.1) is 0 Å². The maximum absolute atomic E-state index is 9.82. The summed E-state index contributed by atoms with van der Waals surface area (Å²) < 4.78 is 10.6. The summed E-state index contributed by atoms with van der Waals surface area (Å²) >= 11 is 0. The van der Waals surface area contributed by atoms with Crippen LogP contribution in [0.5, 0.6) is 5.75 Å². The molecular formula is C13H18O7. The van der Waals surface area contributed by atoms with Crippen LogP contribution in [-0.4, -0.2) is 62.8 Å². The lowest BCUT2D eigenvalue weighted by Crippen LogP contribution is -2.60. The molecule has 20 heavy (non-hydrogen) atoms. The van der Waals surface area contributed by atoms with Crippen molar-refractivity contribution in [1.82, 2.24) is 0 Å². The molecule has 0 saturated carbocycles. The molecule has 5 unspecified atom stereocenters. The lowest BCUT2D eigenvalue weighted by atomic mass is 9.99. The molecule has 0 spiro atoms. The molecule has 0 amide bonds. The highest BCUT2D eigenvalue weighted by molar-refractivity contribution is 5.28. The van der Waals surface area contributed by atoms with E-state index >= 15 is 0 Å². The Morgan fingerprint density at radius 1 is 1.05 bits per heavy atom. The van der Waals surface area contributed by atoms with Gasteiger partial charge in [-0.2, -0.15) is 0 Å². The Morgan fingerprint density at radius 2 is 1.80 bits per heavy atom. The number of rotatable bonds is 4. The maximum atomic E-state index is 9.82. The van der Waals surface area contributed by atoms with Crippen molar-refractivity contribution in [1.29, 1.82) is 0 Å². The van der Waals surface area contributed by atoms with E-state index in [0.29, 0.717) is 11.3 Å². The highest BCUT2D eigenvalue weighted by Crippen LogP contribution is 2.24. The van der Waals surface area contributed by atoms with Gasteiger partial charge in [0.25, 0.3) is 0 Å². The van der Waals surface area contributed by atoms with Gasteiger partial charge in [0, 0.05) is 0 Å². The van der Waals surface area contributed by atoms with E-state index in [0.717, 1.165) is 0 Å². The average molecular weight is 286 g/mol. The largest absolute Gasteiger partial charge is 0.462 e. The number of aliphatic hydroxyl groups is 5. The summed E-state index contributed by atoms with van der Waals surface area (Å²) in [7, 11) is 0. The van der Waals surface area contributed by atoms with Crippen molar-refractivity contribution in [2.45, 2.75) is 37.3 Å². The van der Waals surface area contributed by atoms with E-state index in [1.807, 2.05) is 0 Å².